The van der Waals surface area contributed by atoms with Gasteiger partial charge in [0.2, 0.25) is 0 Å². The molecule has 0 bridgehead atoms. The van der Waals surface area contributed by atoms with Gasteiger partial charge in [0.05, 0.1) is 0 Å². The van der Waals surface area contributed by atoms with Crippen molar-refractivity contribution in [2.45, 2.75) is 26.3 Å². The van der Waals surface area contributed by atoms with Crippen molar-refractivity contribution in [1.29, 1.82) is 0 Å². The maximum Gasteiger partial charge on any atom is 0.288 e. The molecule has 16 heavy (non-hydrogen) atoms. The molecule has 0 amide bonds. The predicted octanol–water partition coefficient (Wildman–Crippen LogP) is -0.566. The Kier molecular flexibility index (Phi) is 5.53. The normalized spacial score (nSPS) is 12.7. The zero-order chi connectivity index (χ0) is 11.9. The maximum atomic E-state index is 5.63. The Hall–Kier alpha value is -0.833. The van der Waals surface area contributed by atoms with Crippen molar-refractivity contribution >= 4 is 9.76 Å². The lowest BCUT2D eigenvalue weighted by molar-refractivity contribution is -0.250. The molecule has 0 aromatic carbocycles. The number of aromatic nitrogens is 4. The Balaban J connectivity index is 2.86. The van der Waals surface area contributed by atoms with Gasteiger partial charge < -0.3 is 13.9 Å². The molecule has 0 fully saturated rings. The van der Waals surface area contributed by atoms with Gasteiger partial charge in [-0.25, -0.2) is 0 Å². The van der Waals surface area contributed by atoms with Crippen molar-refractivity contribution in [2.75, 3.05) is 19.8 Å². The lowest BCUT2D eigenvalue weighted by Gasteiger charge is -2.30. The van der Waals surface area contributed by atoms with E-state index in [-0.39, 0.29) is 0 Å². The molecule has 0 saturated carbocycles. The number of rotatable bonds is 8. The van der Waals surface area contributed by atoms with E-state index in [0.717, 1.165) is 0 Å². The van der Waals surface area contributed by atoms with Gasteiger partial charge in [0.25, 0.3) is 15.3 Å². The van der Waals surface area contributed by atoms with Crippen LogP contribution < -0.4 is 0 Å². The van der Waals surface area contributed by atoms with Crippen LogP contribution in [-0.2, 0) is 19.4 Å². The van der Waals surface area contributed by atoms with E-state index in [9.17, 15) is 0 Å². The molecule has 8 heteroatoms. The van der Waals surface area contributed by atoms with Gasteiger partial charge in [-0.05, 0) is 26.0 Å². The highest BCUT2D eigenvalue weighted by Gasteiger charge is 2.37. The molecule has 0 N–H and O–H groups in total. The SMILES string of the molecule is CCO[SiH2]C(OCC)(OCC)n1ncnn1. The number of ether oxygens (including phenoxy) is 2. The summed E-state index contributed by atoms with van der Waals surface area (Å²) in [5.74, 6) is 0. The molecule has 0 aliphatic heterocycles. The van der Waals surface area contributed by atoms with E-state index in [0.29, 0.717) is 19.8 Å². The number of hydrogen-bond acceptors (Lipinski definition) is 6. The van der Waals surface area contributed by atoms with Gasteiger partial charge in [0.15, 0.2) is 6.33 Å². The van der Waals surface area contributed by atoms with E-state index in [1.165, 1.54) is 11.1 Å². The van der Waals surface area contributed by atoms with E-state index < -0.39 is 15.3 Å². The Bertz CT molecular complexity index is 277. The van der Waals surface area contributed by atoms with Crippen LogP contribution in [0.2, 0.25) is 0 Å². The lowest BCUT2D eigenvalue weighted by Crippen LogP contribution is -2.48. The summed E-state index contributed by atoms with van der Waals surface area (Å²) in [5.41, 5.74) is -0.976. The van der Waals surface area contributed by atoms with E-state index in [1.54, 1.807) is 0 Å². The molecule has 1 heterocycles. The van der Waals surface area contributed by atoms with Crippen molar-refractivity contribution in [2.24, 2.45) is 0 Å². The molecule has 0 aliphatic carbocycles. The predicted molar refractivity (Wildman–Crippen MR) is 59.2 cm³/mol. The van der Waals surface area contributed by atoms with Crippen LogP contribution in [0.1, 0.15) is 20.8 Å². The molecule has 0 atom stereocenters. The first-order valence-corrected chi connectivity index (χ1v) is 6.66. The topological polar surface area (TPSA) is 71.3 Å². The third-order valence-corrected chi connectivity index (χ3v) is 3.55. The first kappa shape index (κ1) is 13.2. The summed E-state index contributed by atoms with van der Waals surface area (Å²) >= 11 is 0. The van der Waals surface area contributed by atoms with Crippen LogP contribution in [0, 0.1) is 0 Å². The molecular formula is C8H18N4O3Si. The standard InChI is InChI=1S/C8H18N4O3Si/c1-4-13-8(14-5-2,16-15-6-3)12-10-7-9-11-12/h7H,4-6,16H2,1-3H3. The van der Waals surface area contributed by atoms with Crippen LogP contribution in [0.4, 0.5) is 0 Å². The third-order valence-electron chi connectivity index (χ3n) is 1.88. The Morgan fingerprint density at radius 3 is 2.31 bits per heavy atom. The molecule has 0 unspecified atom stereocenters. The molecule has 7 nitrogen and oxygen atoms in total. The van der Waals surface area contributed by atoms with E-state index in [1.807, 2.05) is 20.8 Å². The van der Waals surface area contributed by atoms with Gasteiger partial charge in [0, 0.05) is 19.8 Å². The van der Waals surface area contributed by atoms with Gasteiger partial charge in [-0.1, -0.05) is 0 Å². The zero-order valence-electron chi connectivity index (χ0n) is 9.92. The van der Waals surface area contributed by atoms with E-state index >= 15 is 0 Å². The van der Waals surface area contributed by atoms with Crippen LogP contribution >= 0.6 is 0 Å². The molecule has 1 aromatic rings. The Morgan fingerprint density at radius 1 is 1.19 bits per heavy atom. The summed E-state index contributed by atoms with van der Waals surface area (Å²) in [4.78, 5) is 1.35. The van der Waals surface area contributed by atoms with Crippen LogP contribution in [-0.4, -0.2) is 49.8 Å². The quantitative estimate of drug-likeness (QED) is 0.452. The van der Waals surface area contributed by atoms with Gasteiger partial charge >= 0.3 is 0 Å². The smallest absolute Gasteiger partial charge is 0.288 e. The van der Waals surface area contributed by atoms with Crippen molar-refractivity contribution in [3.05, 3.63) is 6.33 Å². The first-order valence-electron chi connectivity index (χ1n) is 5.38. The minimum Gasteiger partial charge on any atom is -0.415 e. The summed E-state index contributed by atoms with van der Waals surface area (Å²) < 4.78 is 16.7. The average molecular weight is 246 g/mol. The fraction of sp³-hybridized carbons (Fsp3) is 0.875. The number of tetrazole rings is 1. The summed E-state index contributed by atoms with van der Waals surface area (Å²) in [5, 5.41) is 11.5. The summed E-state index contributed by atoms with van der Waals surface area (Å²) in [6, 6.07) is 0. The summed E-state index contributed by atoms with van der Waals surface area (Å²) in [6.45, 7) is 7.35. The van der Waals surface area contributed by atoms with E-state index in [4.69, 9.17) is 13.9 Å². The molecule has 0 radical (unpaired) electrons. The molecule has 1 rings (SSSR count). The lowest BCUT2D eigenvalue weighted by atomic mass is 10.8. The van der Waals surface area contributed by atoms with Crippen molar-refractivity contribution in [3.63, 3.8) is 0 Å². The van der Waals surface area contributed by atoms with Crippen LogP contribution in [0.5, 0.6) is 0 Å². The van der Waals surface area contributed by atoms with Gasteiger partial charge in [-0.15, -0.1) is 15.0 Å². The third kappa shape index (κ3) is 3.08. The first-order chi connectivity index (χ1) is 7.79. The Labute approximate surface area is 97.0 Å². The molecule has 92 valence electrons. The van der Waals surface area contributed by atoms with E-state index in [2.05, 4.69) is 15.4 Å². The van der Waals surface area contributed by atoms with Crippen LogP contribution in [0.25, 0.3) is 0 Å². The van der Waals surface area contributed by atoms with Gasteiger partial charge in [-0.3, -0.25) is 0 Å². The molecule has 1 aromatic heterocycles. The summed E-state index contributed by atoms with van der Waals surface area (Å²) in [7, 11) is -1.12. The minimum absolute atomic E-state index is 0.502. The fourth-order valence-corrected chi connectivity index (χ4v) is 2.60. The highest BCUT2D eigenvalue weighted by molar-refractivity contribution is 6.29. The van der Waals surface area contributed by atoms with Crippen molar-refractivity contribution in [3.8, 4) is 0 Å². The second-order valence-electron chi connectivity index (χ2n) is 2.94. The largest absolute Gasteiger partial charge is 0.415 e. The highest BCUT2D eigenvalue weighted by atomic mass is 28.2. The molecule has 0 aliphatic rings. The monoisotopic (exact) mass is 246 g/mol. The molecule has 0 saturated heterocycles. The zero-order valence-corrected chi connectivity index (χ0v) is 11.3. The second kappa shape index (κ2) is 6.69. The fourth-order valence-electron chi connectivity index (χ4n) is 1.30. The van der Waals surface area contributed by atoms with Crippen molar-refractivity contribution in [1.82, 2.24) is 20.2 Å². The number of hydrogen-bond donors (Lipinski definition) is 0. The van der Waals surface area contributed by atoms with Crippen molar-refractivity contribution < 1.29 is 13.9 Å². The van der Waals surface area contributed by atoms with Gasteiger partial charge in [-0.2, -0.15) is 0 Å². The van der Waals surface area contributed by atoms with Gasteiger partial charge in [0.1, 0.15) is 0 Å². The average Bonchev–Trinajstić information content (AvgIpc) is 2.80. The Morgan fingerprint density at radius 2 is 1.88 bits per heavy atom. The molecule has 0 spiro atoms. The summed E-state index contributed by atoms with van der Waals surface area (Å²) in [6.07, 6.45) is 1.35. The van der Waals surface area contributed by atoms with Crippen LogP contribution in [0.3, 0.4) is 0 Å². The number of nitrogens with zero attached hydrogens (tertiary/aromatic N) is 4. The van der Waals surface area contributed by atoms with Crippen LogP contribution in [0.15, 0.2) is 6.33 Å². The highest BCUT2D eigenvalue weighted by Crippen LogP contribution is 2.16. The molecular weight excluding hydrogens is 228 g/mol. The second-order valence-corrected chi connectivity index (χ2v) is 4.53. The maximum absolute atomic E-state index is 5.63. The minimum atomic E-state index is -1.12.